The Labute approximate surface area is 192 Å². The Balaban J connectivity index is 1.71. The number of likely N-dealkylation sites (tertiary alicyclic amines) is 1. The van der Waals surface area contributed by atoms with Gasteiger partial charge in [0.2, 0.25) is 0 Å². The van der Waals surface area contributed by atoms with Crippen molar-refractivity contribution in [3.63, 3.8) is 0 Å². The van der Waals surface area contributed by atoms with E-state index in [-0.39, 0.29) is 18.0 Å². The molecule has 0 aliphatic carbocycles. The molecule has 1 aromatic heterocycles. The summed E-state index contributed by atoms with van der Waals surface area (Å²) < 4.78 is 10.6. The molecule has 2 aromatic carbocycles. The summed E-state index contributed by atoms with van der Waals surface area (Å²) in [7, 11) is 1.27. The minimum Gasteiger partial charge on any atom is -0.505 e. The summed E-state index contributed by atoms with van der Waals surface area (Å²) in [5.41, 5.74) is 0.812. The van der Waals surface area contributed by atoms with E-state index in [1.54, 1.807) is 12.1 Å². The average Bonchev–Trinajstić information content (AvgIpc) is 2.85. The number of methoxy groups -OCH3 is 1. The monoisotopic (exact) mass is 451 g/mol. The van der Waals surface area contributed by atoms with E-state index in [9.17, 15) is 15.0 Å². The number of aromatic nitrogens is 1. The van der Waals surface area contributed by atoms with Gasteiger partial charge in [0.1, 0.15) is 22.9 Å². The lowest BCUT2D eigenvalue weighted by Gasteiger charge is -2.27. The van der Waals surface area contributed by atoms with Crippen LogP contribution in [-0.4, -0.2) is 52.8 Å². The van der Waals surface area contributed by atoms with Crippen LogP contribution < -0.4 is 10.1 Å². The third kappa shape index (κ3) is 5.60. The van der Waals surface area contributed by atoms with Gasteiger partial charge in [-0.15, -0.1) is 0 Å². The Morgan fingerprint density at radius 2 is 1.85 bits per heavy atom. The number of nitrogens with zero attached hydrogens (tertiary/aromatic N) is 2. The highest BCUT2D eigenvalue weighted by atomic mass is 16.5. The fraction of sp³-hybridized carbons (Fsp3) is 0.360. The molecule has 4 rings (SSSR count). The molecule has 8 nitrogen and oxygen atoms in total. The number of aromatic hydroxyl groups is 1. The van der Waals surface area contributed by atoms with E-state index in [4.69, 9.17) is 4.74 Å². The molecule has 0 spiro atoms. The smallest absolute Gasteiger partial charge is 0.319 e. The van der Waals surface area contributed by atoms with E-state index in [2.05, 4.69) is 19.9 Å². The molecule has 1 fully saturated rings. The number of benzene rings is 2. The second-order valence-corrected chi connectivity index (χ2v) is 8.11. The van der Waals surface area contributed by atoms with Gasteiger partial charge in [-0.3, -0.25) is 15.0 Å². The number of hydrogen-bond donors (Lipinski definition) is 3. The number of aliphatic hydroxyl groups is 1. The number of ether oxygens (including phenoxy) is 2. The highest BCUT2D eigenvalue weighted by molar-refractivity contribution is 5.91. The topological polar surface area (TPSA) is 104 Å². The van der Waals surface area contributed by atoms with Gasteiger partial charge in [0.25, 0.3) is 0 Å². The lowest BCUT2D eigenvalue weighted by Crippen LogP contribution is -2.31. The maximum absolute atomic E-state index is 11.5. The number of nitrogens with one attached hydrogen (secondary N) is 1. The van der Waals surface area contributed by atoms with E-state index in [0.29, 0.717) is 23.4 Å². The summed E-state index contributed by atoms with van der Waals surface area (Å²) in [6, 6.07) is 14.9. The number of hydrogen-bond acceptors (Lipinski definition) is 8. The molecule has 1 unspecified atom stereocenters. The van der Waals surface area contributed by atoms with Gasteiger partial charge < -0.3 is 19.7 Å². The van der Waals surface area contributed by atoms with Crippen molar-refractivity contribution in [3.05, 3.63) is 59.9 Å². The van der Waals surface area contributed by atoms with E-state index in [1.165, 1.54) is 13.5 Å². The van der Waals surface area contributed by atoms with E-state index in [0.717, 1.165) is 37.0 Å². The van der Waals surface area contributed by atoms with Crippen molar-refractivity contribution in [2.75, 3.05) is 26.7 Å². The first-order valence-electron chi connectivity index (χ1n) is 11.1. The summed E-state index contributed by atoms with van der Waals surface area (Å²) in [5, 5.41) is 25.5. The van der Waals surface area contributed by atoms with Crippen LogP contribution in [0, 0.1) is 0 Å². The van der Waals surface area contributed by atoms with Crippen LogP contribution >= 0.6 is 0 Å². The standard InChI is InChI=1S/C25H29N3O5/c1-32-22(29)15-26-25(31)23-24(30)19-11-10-18(33-17-8-4-2-5-9-17)14-20(19)21(27-23)16-28-12-6-3-7-13-28/h2,4-5,8-11,14,25-26,30-31H,3,6-7,12-13,15-16H2,1H3. The zero-order valence-electron chi connectivity index (χ0n) is 18.7. The van der Waals surface area contributed by atoms with Crippen LogP contribution in [0.4, 0.5) is 0 Å². The number of para-hydroxylation sites is 1. The lowest BCUT2D eigenvalue weighted by molar-refractivity contribution is -0.140. The molecule has 3 aromatic rings. The number of carbonyl (C=O) groups is 1. The van der Waals surface area contributed by atoms with Gasteiger partial charge in [0, 0.05) is 17.3 Å². The van der Waals surface area contributed by atoms with Crippen molar-refractivity contribution in [1.82, 2.24) is 15.2 Å². The van der Waals surface area contributed by atoms with Gasteiger partial charge in [-0.25, -0.2) is 4.98 Å². The molecule has 33 heavy (non-hydrogen) atoms. The van der Waals surface area contributed by atoms with E-state index in [1.807, 2.05) is 36.4 Å². The molecule has 1 aliphatic rings. The number of rotatable bonds is 8. The van der Waals surface area contributed by atoms with Crippen molar-refractivity contribution < 1.29 is 24.5 Å². The molecule has 1 aliphatic heterocycles. The Morgan fingerprint density at radius 3 is 2.58 bits per heavy atom. The third-order valence-corrected chi connectivity index (χ3v) is 5.78. The normalized spacial score (nSPS) is 15.3. The van der Waals surface area contributed by atoms with E-state index >= 15 is 0 Å². The Kier molecular flexibility index (Phi) is 7.39. The molecule has 174 valence electrons. The number of aliphatic hydroxyl groups excluding tert-OH is 1. The summed E-state index contributed by atoms with van der Waals surface area (Å²) in [6.45, 7) is 2.33. The van der Waals surface area contributed by atoms with Crippen LogP contribution in [0.1, 0.15) is 36.9 Å². The first-order chi connectivity index (χ1) is 16.0. The Bertz CT molecular complexity index is 1100. The first-order valence-corrected chi connectivity index (χ1v) is 11.1. The molecule has 1 saturated heterocycles. The Hall–Kier alpha value is -3.20. The second kappa shape index (κ2) is 10.6. The van der Waals surface area contributed by atoms with Crippen LogP contribution in [0.15, 0.2) is 48.5 Å². The Morgan fingerprint density at radius 1 is 1.09 bits per heavy atom. The fourth-order valence-corrected chi connectivity index (χ4v) is 4.04. The minimum atomic E-state index is -1.33. The van der Waals surface area contributed by atoms with Gasteiger partial charge in [0.05, 0.1) is 19.3 Å². The molecule has 2 heterocycles. The van der Waals surface area contributed by atoms with Crippen molar-refractivity contribution in [2.24, 2.45) is 0 Å². The third-order valence-electron chi connectivity index (χ3n) is 5.78. The van der Waals surface area contributed by atoms with Crippen LogP contribution in [0.2, 0.25) is 0 Å². The number of piperidine rings is 1. The molecular weight excluding hydrogens is 422 g/mol. The van der Waals surface area contributed by atoms with Crippen molar-refractivity contribution in [3.8, 4) is 17.2 Å². The van der Waals surface area contributed by atoms with Crippen LogP contribution in [0.5, 0.6) is 17.2 Å². The molecule has 0 amide bonds. The zero-order chi connectivity index (χ0) is 23.2. The number of esters is 1. The molecule has 1 atom stereocenters. The van der Waals surface area contributed by atoms with Crippen molar-refractivity contribution >= 4 is 16.7 Å². The average molecular weight is 452 g/mol. The van der Waals surface area contributed by atoms with Gasteiger partial charge in [0.15, 0.2) is 6.23 Å². The lowest BCUT2D eigenvalue weighted by atomic mass is 10.0. The summed E-state index contributed by atoms with van der Waals surface area (Å²) in [6.07, 6.45) is 2.16. The van der Waals surface area contributed by atoms with Gasteiger partial charge in [-0.05, 0) is 56.3 Å². The maximum Gasteiger partial charge on any atom is 0.319 e. The predicted molar refractivity (Wildman–Crippen MR) is 124 cm³/mol. The summed E-state index contributed by atoms with van der Waals surface area (Å²) in [5.74, 6) is 0.687. The fourth-order valence-electron chi connectivity index (χ4n) is 4.04. The second-order valence-electron chi connectivity index (χ2n) is 8.11. The zero-order valence-corrected chi connectivity index (χ0v) is 18.7. The molecular formula is C25H29N3O5. The molecule has 3 N–H and O–H groups in total. The maximum atomic E-state index is 11.5. The molecule has 0 saturated carbocycles. The van der Waals surface area contributed by atoms with Crippen LogP contribution in [-0.2, 0) is 16.1 Å². The van der Waals surface area contributed by atoms with Gasteiger partial charge in [-0.2, -0.15) is 0 Å². The number of carbonyl (C=O) groups excluding carboxylic acids is 1. The van der Waals surface area contributed by atoms with Crippen molar-refractivity contribution in [2.45, 2.75) is 32.0 Å². The van der Waals surface area contributed by atoms with Gasteiger partial charge in [-0.1, -0.05) is 24.6 Å². The quantitative estimate of drug-likeness (QED) is 0.353. The van der Waals surface area contributed by atoms with E-state index < -0.39 is 12.2 Å². The van der Waals surface area contributed by atoms with Crippen LogP contribution in [0.25, 0.3) is 10.8 Å². The summed E-state index contributed by atoms with van der Waals surface area (Å²) in [4.78, 5) is 18.4. The first kappa shape index (κ1) is 23.0. The van der Waals surface area contributed by atoms with Crippen molar-refractivity contribution in [1.29, 1.82) is 0 Å². The van der Waals surface area contributed by atoms with Gasteiger partial charge >= 0.3 is 5.97 Å². The highest BCUT2D eigenvalue weighted by Gasteiger charge is 2.22. The number of pyridine rings is 1. The number of fused-ring (bicyclic) bond motifs is 1. The molecule has 8 heteroatoms. The minimum absolute atomic E-state index is 0.0788. The highest BCUT2D eigenvalue weighted by Crippen LogP contribution is 2.36. The molecule has 0 bridgehead atoms. The largest absolute Gasteiger partial charge is 0.505 e. The molecule has 0 radical (unpaired) electrons. The summed E-state index contributed by atoms with van der Waals surface area (Å²) >= 11 is 0. The van der Waals surface area contributed by atoms with Crippen LogP contribution in [0.3, 0.4) is 0 Å². The SMILES string of the molecule is COC(=O)CNC(O)c1nc(CN2CCCCC2)c2cc(Oc3ccccc3)ccc2c1O. The predicted octanol–water partition coefficient (Wildman–Crippen LogP) is 3.47.